The zero-order valence-corrected chi connectivity index (χ0v) is 13.3. The fourth-order valence-corrected chi connectivity index (χ4v) is 3.72. The second kappa shape index (κ2) is 5.40. The zero-order valence-electron chi connectivity index (χ0n) is 11.0. The molecule has 1 heterocycles. The summed E-state index contributed by atoms with van der Waals surface area (Å²) in [6.45, 7) is 0. The monoisotopic (exact) mass is 381 g/mol. The number of sulfonamides is 1. The van der Waals surface area contributed by atoms with E-state index in [2.05, 4.69) is 14.2 Å². The second-order valence-corrected chi connectivity index (χ2v) is 7.07. The van der Waals surface area contributed by atoms with Crippen molar-refractivity contribution in [2.45, 2.75) is 11.2 Å². The maximum Gasteiger partial charge on any atom is 0.586 e. The minimum absolute atomic E-state index is 0.113. The van der Waals surface area contributed by atoms with Gasteiger partial charge in [0.25, 0.3) is 10.0 Å². The van der Waals surface area contributed by atoms with Crippen LogP contribution in [-0.2, 0) is 10.0 Å². The molecule has 0 fully saturated rings. The lowest BCUT2D eigenvalue weighted by Crippen LogP contribution is -2.26. The number of hydrogen-bond acceptors (Lipinski definition) is 4. The van der Waals surface area contributed by atoms with Crippen molar-refractivity contribution in [3.05, 3.63) is 46.4 Å². The van der Waals surface area contributed by atoms with Gasteiger partial charge in [-0.05, 0) is 30.3 Å². The normalized spacial score (nSPS) is 15.5. The van der Waals surface area contributed by atoms with Crippen molar-refractivity contribution in [2.75, 3.05) is 4.72 Å². The molecule has 2 aromatic rings. The van der Waals surface area contributed by atoms with E-state index in [4.69, 9.17) is 23.2 Å². The molecule has 0 unspecified atom stereocenters. The SMILES string of the molecule is O=S(=O)(Nc1cccc2c1OC(F)(F)O2)c1cc(Cl)cc(Cl)c1. The third kappa shape index (κ3) is 3.29. The Hall–Kier alpha value is -1.77. The highest BCUT2D eigenvalue weighted by Crippen LogP contribution is 2.46. The number of alkyl halides is 2. The molecule has 1 aliphatic heterocycles. The quantitative estimate of drug-likeness (QED) is 0.868. The molecule has 5 nitrogen and oxygen atoms in total. The lowest BCUT2D eigenvalue weighted by molar-refractivity contribution is -0.286. The van der Waals surface area contributed by atoms with Crippen molar-refractivity contribution in [3.8, 4) is 11.5 Å². The van der Waals surface area contributed by atoms with E-state index in [0.29, 0.717) is 0 Å². The van der Waals surface area contributed by atoms with E-state index >= 15 is 0 Å². The summed E-state index contributed by atoms with van der Waals surface area (Å²) in [4.78, 5) is -0.224. The Morgan fingerprint density at radius 2 is 1.70 bits per heavy atom. The molecule has 1 aliphatic rings. The summed E-state index contributed by atoms with van der Waals surface area (Å²) in [7, 11) is -4.12. The van der Waals surface area contributed by atoms with Crippen LogP contribution in [0.5, 0.6) is 11.5 Å². The van der Waals surface area contributed by atoms with E-state index in [9.17, 15) is 17.2 Å². The number of para-hydroxylation sites is 1. The molecule has 1 N–H and O–H groups in total. The minimum Gasteiger partial charge on any atom is -0.395 e. The number of rotatable bonds is 3. The maximum absolute atomic E-state index is 13.1. The van der Waals surface area contributed by atoms with Crippen molar-refractivity contribution in [1.29, 1.82) is 0 Å². The predicted molar refractivity (Wildman–Crippen MR) is 79.9 cm³/mol. The Morgan fingerprint density at radius 3 is 2.35 bits per heavy atom. The smallest absolute Gasteiger partial charge is 0.395 e. The van der Waals surface area contributed by atoms with Gasteiger partial charge in [-0.2, -0.15) is 0 Å². The highest BCUT2D eigenvalue weighted by atomic mass is 35.5. The van der Waals surface area contributed by atoms with Gasteiger partial charge in [0.05, 0.1) is 10.6 Å². The third-order valence-corrected chi connectivity index (χ3v) is 4.60. The summed E-state index contributed by atoms with van der Waals surface area (Å²) in [6, 6.07) is 7.53. The number of nitrogens with one attached hydrogen (secondary N) is 1. The van der Waals surface area contributed by atoms with E-state index in [-0.39, 0.29) is 26.4 Å². The molecule has 0 saturated carbocycles. The number of benzene rings is 2. The van der Waals surface area contributed by atoms with Gasteiger partial charge in [0.1, 0.15) is 0 Å². The van der Waals surface area contributed by atoms with Crippen LogP contribution in [0.4, 0.5) is 14.5 Å². The van der Waals surface area contributed by atoms with Gasteiger partial charge in [0, 0.05) is 10.0 Å². The molecule has 0 radical (unpaired) electrons. The van der Waals surface area contributed by atoms with Gasteiger partial charge in [-0.25, -0.2) is 8.42 Å². The first-order valence-electron chi connectivity index (χ1n) is 6.04. The van der Waals surface area contributed by atoms with Gasteiger partial charge in [-0.3, -0.25) is 4.72 Å². The molecule has 0 spiro atoms. The Bertz CT molecular complexity index is 869. The van der Waals surface area contributed by atoms with Crippen LogP contribution in [0, 0.1) is 0 Å². The fraction of sp³-hybridized carbons (Fsp3) is 0.0769. The van der Waals surface area contributed by atoms with E-state index < -0.39 is 22.1 Å². The molecule has 0 atom stereocenters. The molecule has 0 amide bonds. The van der Waals surface area contributed by atoms with Crippen molar-refractivity contribution in [1.82, 2.24) is 0 Å². The lowest BCUT2D eigenvalue weighted by atomic mass is 10.3. The van der Waals surface area contributed by atoms with Crippen LogP contribution in [0.25, 0.3) is 0 Å². The standard InChI is InChI=1S/C13H7Cl2F2NO4S/c14-7-4-8(15)6-9(5-7)23(19,20)18-10-2-1-3-11-12(10)22-13(16,17)21-11/h1-6,18H. The first-order valence-corrected chi connectivity index (χ1v) is 8.28. The Kier molecular flexibility index (Phi) is 3.78. The highest BCUT2D eigenvalue weighted by Gasteiger charge is 2.45. The Labute approximate surface area is 139 Å². The Morgan fingerprint density at radius 1 is 1.04 bits per heavy atom. The summed E-state index contributed by atoms with van der Waals surface area (Å²) in [5, 5.41) is 0.226. The van der Waals surface area contributed by atoms with Crippen LogP contribution in [0.15, 0.2) is 41.3 Å². The summed E-state index contributed by atoms with van der Waals surface area (Å²) in [6.07, 6.45) is -3.86. The third-order valence-electron chi connectivity index (χ3n) is 2.82. The lowest BCUT2D eigenvalue weighted by Gasteiger charge is -2.11. The first-order chi connectivity index (χ1) is 10.7. The van der Waals surface area contributed by atoms with E-state index in [1.54, 1.807) is 0 Å². The van der Waals surface area contributed by atoms with Crippen LogP contribution in [-0.4, -0.2) is 14.7 Å². The van der Waals surface area contributed by atoms with Gasteiger partial charge in [-0.15, -0.1) is 8.78 Å². The average Bonchev–Trinajstić information content (AvgIpc) is 2.72. The second-order valence-electron chi connectivity index (χ2n) is 4.51. The fourth-order valence-electron chi connectivity index (χ4n) is 1.94. The molecule has 0 saturated heterocycles. The van der Waals surface area contributed by atoms with E-state index in [0.717, 1.165) is 0 Å². The number of fused-ring (bicyclic) bond motifs is 1. The van der Waals surface area contributed by atoms with E-state index in [1.165, 1.54) is 36.4 Å². The summed E-state index contributed by atoms with van der Waals surface area (Å²) in [5.74, 6) is -0.687. The van der Waals surface area contributed by atoms with Crippen molar-refractivity contribution in [3.63, 3.8) is 0 Å². The van der Waals surface area contributed by atoms with Crippen molar-refractivity contribution in [2.24, 2.45) is 0 Å². The number of anilines is 1. The summed E-state index contributed by atoms with van der Waals surface area (Å²) < 4.78 is 61.7. The summed E-state index contributed by atoms with van der Waals surface area (Å²) >= 11 is 11.5. The topological polar surface area (TPSA) is 64.6 Å². The van der Waals surface area contributed by atoms with Crippen LogP contribution in [0.3, 0.4) is 0 Å². The molecule has 0 aromatic heterocycles. The van der Waals surface area contributed by atoms with E-state index in [1.807, 2.05) is 0 Å². The molecular formula is C13H7Cl2F2NO4S. The van der Waals surface area contributed by atoms with Crippen molar-refractivity contribution >= 4 is 38.9 Å². The average molecular weight is 382 g/mol. The first kappa shape index (κ1) is 16.1. The molecule has 0 bridgehead atoms. The van der Waals surface area contributed by atoms with Crippen LogP contribution in [0.1, 0.15) is 0 Å². The highest BCUT2D eigenvalue weighted by molar-refractivity contribution is 7.92. The van der Waals surface area contributed by atoms with Crippen LogP contribution in [0.2, 0.25) is 10.0 Å². The molecule has 2 aromatic carbocycles. The molecule has 0 aliphatic carbocycles. The summed E-state index contributed by atoms with van der Waals surface area (Å²) in [5.41, 5.74) is -0.198. The van der Waals surface area contributed by atoms with Gasteiger partial charge in [0.15, 0.2) is 11.5 Å². The van der Waals surface area contributed by atoms with Gasteiger partial charge >= 0.3 is 6.29 Å². The number of halogens is 4. The largest absolute Gasteiger partial charge is 0.586 e. The van der Waals surface area contributed by atoms with Crippen LogP contribution >= 0.6 is 23.2 Å². The van der Waals surface area contributed by atoms with Crippen LogP contribution < -0.4 is 14.2 Å². The van der Waals surface area contributed by atoms with Gasteiger partial charge in [-0.1, -0.05) is 29.3 Å². The Balaban J connectivity index is 1.98. The molecular weight excluding hydrogens is 375 g/mol. The van der Waals surface area contributed by atoms with Gasteiger partial charge in [0.2, 0.25) is 0 Å². The van der Waals surface area contributed by atoms with Gasteiger partial charge < -0.3 is 9.47 Å². The zero-order chi connectivity index (χ0) is 16.8. The predicted octanol–water partition coefficient (Wildman–Crippen LogP) is 4.12. The number of hydrogen-bond donors (Lipinski definition) is 1. The molecule has 23 heavy (non-hydrogen) atoms. The van der Waals surface area contributed by atoms with Crippen molar-refractivity contribution < 1.29 is 26.7 Å². The maximum atomic E-state index is 13.1. The minimum atomic E-state index is -4.12. The molecule has 10 heteroatoms. The molecule has 3 rings (SSSR count). The molecule has 122 valence electrons. The number of ether oxygens (including phenoxy) is 2.